The number of sulfonamides is 1. The summed E-state index contributed by atoms with van der Waals surface area (Å²) in [6.45, 7) is 0.513. The maximum atomic E-state index is 11.9. The minimum atomic E-state index is -3.82. The number of rotatable bonds is 3. The third-order valence-electron chi connectivity index (χ3n) is 4.68. The van der Waals surface area contributed by atoms with E-state index in [2.05, 4.69) is 0 Å². The summed E-state index contributed by atoms with van der Waals surface area (Å²) in [4.78, 5) is 15.0. The van der Waals surface area contributed by atoms with E-state index >= 15 is 0 Å². The van der Waals surface area contributed by atoms with E-state index in [1.54, 1.807) is 18.2 Å². The summed E-state index contributed by atoms with van der Waals surface area (Å²) in [5.41, 5.74) is 3.99. The highest BCUT2D eigenvalue weighted by Crippen LogP contribution is 2.49. The van der Waals surface area contributed by atoms with Crippen molar-refractivity contribution in [3.63, 3.8) is 0 Å². The van der Waals surface area contributed by atoms with Crippen LogP contribution in [0.25, 0.3) is 21.6 Å². The minimum Gasteiger partial charge on any atom is -0.477 e. The maximum absolute atomic E-state index is 11.9. The van der Waals surface area contributed by atoms with Crippen molar-refractivity contribution in [2.45, 2.75) is 11.4 Å². The van der Waals surface area contributed by atoms with Gasteiger partial charge < -0.3 is 10.0 Å². The van der Waals surface area contributed by atoms with Crippen LogP contribution in [-0.2, 0) is 16.6 Å². The van der Waals surface area contributed by atoms with Crippen molar-refractivity contribution < 1.29 is 18.3 Å². The lowest BCUT2D eigenvalue weighted by Gasteiger charge is -2.28. The van der Waals surface area contributed by atoms with Gasteiger partial charge >= 0.3 is 5.97 Å². The van der Waals surface area contributed by atoms with Crippen LogP contribution in [0.2, 0.25) is 5.02 Å². The van der Waals surface area contributed by atoms with Gasteiger partial charge in [0.05, 0.1) is 4.90 Å². The van der Waals surface area contributed by atoms with Crippen molar-refractivity contribution in [1.82, 2.24) is 0 Å². The molecular formula is C19H15ClN2O4S2. The van der Waals surface area contributed by atoms with Crippen molar-refractivity contribution in [3.05, 3.63) is 57.9 Å². The van der Waals surface area contributed by atoms with Gasteiger partial charge in [-0.25, -0.2) is 18.4 Å². The van der Waals surface area contributed by atoms with Gasteiger partial charge in [0.15, 0.2) is 0 Å². The molecular weight excluding hydrogens is 420 g/mol. The van der Waals surface area contributed by atoms with Crippen LogP contribution in [0.15, 0.2) is 47.4 Å². The Morgan fingerprint density at radius 1 is 1.21 bits per heavy atom. The maximum Gasteiger partial charge on any atom is 0.346 e. The topological polar surface area (TPSA) is 101 Å². The van der Waals surface area contributed by atoms with E-state index in [1.165, 1.54) is 23.5 Å². The summed E-state index contributed by atoms with van der Waals surface area (Å²) in [5, 5.41) is 15.6. The first-order valence-electron chi connectivity index (χ1n) is 8.20. The first-order chi connectivity index (χ1) is 13.2. The van der Waals surface area contributed by atoms with Crippen molar-refractivity contribution in [2.24, 2.45) is 5.14 Å². The van der Waals surface area contributed by atoms with Gasteiger partial charge in [-0.05, 0) is 41.5 Å². The fourth-order valence-corrected chi connectivity index (χ4v) is 5.32. The van der Waals surface area contributed by atoms with Gasteiger partial charge in [-0.2, -0.15) is 0 Å². The zero-order valence-corrected chi connectivity index (χ0v) is 17.0. The van der Waals surface area contributed by atoms with E-state index in [4.69, 9.17) is 16.7 Å². The second-order valence-electron chi connectivity index (χ2n) is 6.51. The average Bonchev–Trinajstić information content (AvgIpc) is 3.01. The van der Waals surface area contributed by atoms with Gasteiger partial charge in [-0.1, -0.05) is 23.7 Å². The fraction of sp³-hybridized carbons (Fsp3) is 0.105. The molecule has 0 saturated carbocycles. The normalized spacial score (nSPS) is 13.2. The molecule has 0 aliphatic carbocycles. The number of halogens is 1. The van der Waals surface area contributed by atoms with E-state index in [0.717, 1.165) is 21.7 Å². The first kappa shape index (κ1) is 18.9. The molecule has 6 nitrogen and oxygen atoms in total. The molecule has 28 heavy (non-hydrogen) atoms. The predicted octanol–water partition coefficient (Wildman–Crippen LogP) is 4.03. The van der Waals surface area contributed by atoms with E-state index in [0.29, 0.717) is 22.7 Å². The first-order valence-corrected chi connectivity index (χ1v) is 10.9. The quantitative estimate of drug-likeness (QED) is 0.648. The Balaban J connectivity index is 1.95. The summed E-state index contributed by atoms with van der Waals surface area (Å²) in [5.74, 6) is -1.02. The molecule has 9 heteroatoms. The Morgan fingerprint density at radius 3 is 2.50 bits per heavy atom. The van der Waals surface area contributed by atoms with Gasteiger partial charge in [0.1, 0.15) is 4.88 Å². The predicted molar refractivity (Wildman–Crippen MR) is 111 cm³/mol. The third-order valence-corrected chi connectivity index (χ3v) is 7.10. The molecule has 144 valence electrons. The zero-order chi connectivity index (χ0) is 20.2. The number of carboxylic acid groups (broad SMARTS) is 1. The van der Waals surface area contributed by atoms with E-state index in [-0.39, 0.29) is 9.77 Å². The Labute approximate surface area is 170 Å². The smallest absolute Gasteiger partial charge is 0.346 e. The molecule has 1 aliphatic heterocycles. The number of fused-ring (bicyclic) bond motifs is 3. The number of primary sulfonamides is 1. The Bertz CT molecular complexity index is 1220. The molecule has 4 rings (SSSR count). The number of thiophene rings is 1. The minimum absolute atomic E-state index is 0.0191. The highest BCUT2D eigenvalue weighted by atomic mass is 35.5. The molecule has 1 aromatic heterocycles. The summed E-state index contributed by atoms with van der Waals surface area (Å²) in [6.07, 6.45) is 0. The zero-order valence-electron chi connectivity index (χ0n) is 14.6. The number of hydrogen-bond acceptors (Lipinski definition) is 5. The number of hydrogen-bond donors (Lipinski definition) is 2. The summed E-state index contributed by atoms with van der Waals surface area (Å²) >= 11 is 7.34. The number of carboxylic acids is 1. The molecule has 3 aromatic rings. The van der Waals surface area contributed by atoms with E-state index in [9.17, 15) is 18.3 Å². The van der Waals surface area contributed by atoms with Crippen LogP contribution in [0.3, 0.4) is 0 Å². The lowest BCUT2D eigenvalue weighted by atomic mass is 9.94. The molecule has 2 aromatic carbocycles. The molecule has 0 bridgehead atoms. The molecule has 0 atom stereocenters. The van der Waals surface area contributed by atoms with Crippen molar-refractivity contribution in [3.8, 4) is 21.6 Å². The van der Waals surface area contributed by atoms with Gasteiger partial charge in [-0.15, -0.1) is 11.3 Å². The molecule has 0 saturated heterocycles. The van der Waals surface area contributed by atoms with Crippen LogP contribution in [0.4, 0.5) is 5.69 Å². The highest BCUT2D eigenvalue weighted by molar-refractivity contribution is 7.89. The van der Waals surface area contributed by atoms with Crippen LogP contribution in [-0.4, -0.2) is 26.5 Å². The van der Waals surface area contributed by atoms with Crippen molar-refractivity contribution in [1.29, 1.82) is 0 Å². The summed E-state index contributed by atoms with van der Waals surface area (Å²) in [6, 6.07) is 11.5. The van der Waals surface area contributed by atoms with Crippen LogP contribution in [0.5, 0.6) is 0 Å². The second-order valence-corrected chi connectivity index (χ2v) is 9.52. The summed E-state index contributed by atoms with van der Waals surface area (Å²) < 4.78 is 23.0. The lowest BCUT2D eigenvalue weighted by Crippen LogP contribution is -2.21. The molecule has 2 heterocycles. The van der Waals surface area contributed by atoms with Gasteiger partial charge in [0.25, 0.3) is 0 Å². The number of aromatic carboxylic acids is 1. The molecule has 0 unspecified atom stereocenters. The highest BCUT2D eigenvalue weighted by Gasteiger charge is 2.30. The van der Waals surface area contributed by atoms with Crippen LogP contribution in [0.1, 0.15) is 15.2 Å². The SMILES string of the molecule is CN1Cc2c(sc(C(=O)O)c2-c2ccc(S(N)(=O)=O)cc2)-c2ccc(Cl)cc21. The Kier molecular flexibility index (Phi) is 4.46. The number of nitrogens with two attached hydrogens (primary N) is 1. The van der Waals surface area contributed by atoms with E-state index in [1.807, 2.05) is 24.1 Å². The average molecular weight is 435 g/mol. The Morgan fingerprint density at radius 2 is 1.89 bits per heavy atom. The Hall–Kier alpha value is -2.39. The van der Waals surface area contributed by atoms with Crippen LogP contribution >= 0.6 is 22.9 Å². The summed E-state index contributed by atoms with van der Waals surface area (Å²) in [7, 11) is -1.90. The molecule has 0 amide bonds. The molecule has 0 radical (unpaired) electrons. The molecule has 0 fully saturated rings. The number of carbonyl (C=O) groups is 1. The van der Waals surface area contributed by atoms with Crippen LogP contribution < -0.4 is 10.0 Å². The van der Waals surface area contributed by atoms with Crippen molar-refractivity contribution >= 4 is 44.6 Å². The van der Waals surface area contributed by atoms with Crippen LogP contribution in [0, 0.1) is 0 Å². The standard InChI is InChI=1S/C19H15ClN2O4S2/c1-22-9-14-16(10-2-5-12(6-3-10)28(21,25)26)18(19(23)24)27-17(14)13-7-4-11(20)8-15(13)22/h2-8H,9H2,1H3,(H,23,24)(H2,21,25,26). The van der Waals surface area contributed by atoms with Crippen molar-refractivity contribution in [2.75, 3.05) is 11.9 Å². The number of anilines is 1. The van der Waals surface area contributed by atoms with Gasteiger partial charge in [0, 0.05) is 40.3 Å². The van der Waals surface area contributed by atoms with E-state index < -0.39 is 16.0 Å². The lowest BCUT2D eigenvalue weighted by molar-refractivity contribution is 0.0703. The second kappa shape index (κ2) is 6.59. The molecule has 1 aliphatic rings. The van der Waals surface area contributed by atoms with Gasteiger partial charge in [-0.3, -0.25) is 0 Å². The monoisotopic (exact) mass is 434 g/mol. The third kappa shape index (κ3) is 3.08. The number of nitrogens with zero attached hydrogens (tertiary/aromatic N) is 1. The molecule has 3 N–H and O–H groups in total. The fourth-order valence-electron chi connectivity index (χ4n) is 3.44. The molecule has 0 spiro atoms. The number of benzene rings is 2. The largest absolute Gasteiger partial charge is 0.477 e. The van der Waals surface area contributed by atoms with Gasteiger partial charge in [0.2, 0.25) is 10.0 Å².